The van der Waals surface area contributed by atoms with Crippen LogP contribution in [0.1, 0.15) is 157 Å². The Bertz CT molecular complexity index is 6310. The summed E-state index contributed by atoms with van der Waals surface area (Å²) in [5.41, 5.74) is 35.9. The molecule has 13 nitrogen and oxygen atoms in total. The Kier molecular flexibility index (Phi) is 48.4. The predicted octanol–water partition coefficient (Wildman–Crippen LogP) is 30.3. The number of rotatable bonds is 16. The molecule has 0 fully saturated rings. The van der Waals surface area contributed by atoms with E-state index in [-0.39, 0.29) is 92.9 Å². The first-order chi connectivity index (χ1) is 67.0. The average Bonchev–Trinajstić information content (AvgIpc) is 1.61. The Hall–Kier alpha value is -13.0. The Balaban J connectivity index is 0.000000205. The molecule has 18 heteroatoms. The van der Waals surface area contributed by atoms with Crippen LogP contribution in [0.4, 0.5) is 0 Å². The van der Waals surface area contributed by atoms with Gasteiger partial charge in [0, 0.05) is 75.3 Å². The number of aromatic nitrogens is 11. The number of fused-ring (bicyclic) bond motifs is 9. The molecular weight excluding hydrogens is 2470 g/mol. The minimum absolute atomic E-state index is 0. The van der Waals surface area contributed by atoms with Crippen LogP contribution in [0.3, 0.4) is 0 Å². The van der Waals surface area contributed by atoms with Crippen molar-refractivity contribution in [1.82, 2.24) is 54.8 Å². The molecule has 18 aromatic rings. The van der Waals surface area contributed by atoms with Gasteiger partial charge >= 0.3 is 61.3 Å². The van der Waals surface area contributed by atoms with Gasteiger partial charge in [-0.25, -0.2) is 21.3 Å². The first kappa shape index (κ1) is 113. The minimum Gasteiger partial charge on any atom is -0.657 e. The van der Waals surface area contributed by atoms with Gasteiger partial charge in [-0.2, -0.15) is 0 Å². The summed E-state index contributed by atoms with van der Waals surface area (Å²) in [6.45, 7) is 26.9. The molecule has 11 aromatic heterocycles. The maximum atomic E-state index is 10.0. The molecule has 0 aliphatic carbocycles. The van der Waals surface area contributed by atoms with Crippen molar-refractivity contribution in [3.05, 3.63) is 463 Å². The Morgan fingerprint density at radius 3 is 0.780 bits per heavy atom. The fourth-order valence-electron chi connectivity index (χ4n) is 15.5. The molecule has 0 amide bonds. The number of nitrogens with zero attached hydrogens (tertiary/aromatic N) is 11. The number of thiophene rings is 1. The molecule has 2 aliphatic heterocycles. The van der Waals surface area contributed by atoms with E-state index in [0.29, 0.717) is 0 Å². The number of ketones is 1. The number of carbonyl (C=O) groups excluding carboxylic acids is 1. The van der Waals surface area contributed by atoms with Crippen molar-refractivity contribution in [2.45, 2.75) is 141 Å². The topological polar surface area (TPSA) is 182 Å². The van der Waals surface area contributed by atoms with Crippen LogP contribution in [0.2, 0.25) is 0 Å². The molecular formula is C123H114Ir3N11O2PtS-. The van der Waals surface area contributed by atoms with Gasteiger partial charge in [0.1, 0.15) is 0 Å². The van der Waals surface area contributed by atoms with Crippen LogP contribution in [0, 0.1) is 63.2 Å². The van der Waals surface area contributed by atoms with Gasteiger partial charge in [0.05, 0.1) is 28.5 Å². The van der Waals surface area contributed by atoms with Crippen molar-refractivity contribution in [1.29, 1.82) is 0 Å². The van der Waals surface area contributed by atoms with Gasteiger partial charge in [0.15, 0.2) is 5.78 Å². The van der Waals surface area contributed by atoms with Crippen molar-refractivity contribution in [2.24, 2.45) is 0 Å². The number of benzene rings is 7. The van der Waals surface area contributed by atoms with Gasteiger partial charge in [-0.1, -0.05) is 220 Å². The summed E-state index contributed by atoms with van der Waals surface area (Å²) in [5.74, 6) is -0.0625. The van der Waals surface area contributed by atoms with Crippen LogP contribution in [-0.4, -0.2) is 55.7 Å². The molecule has 141 heavy (non-hydrogen) atoms. The van der Waals surface area contributed by atoms with Crippen LogP contribution in [0.25, 0.3) is 133 Å². The third-order valence-electron chi connectivity index (χ3n) is 22.2. The molecule has 1 radical (unpaired) electrons. The molecule has 1 N–H and O–H groups in total. The van der Waals surface area contributed by atoms with Crippen LogP contribution in [-0.2, 0) is 112 Å². The third-order valence-corrected chi connectivity index (χ3v) is 23.2. The predicted molar refractivity (Wildman–Crippen MR) is 567 cm³/mol. The largest absolute Gasteiger partial charge is 3.00 e. The molecule has 0 saturated heterocycles. The van der Waals surface area contributed by atoms with Crippen molar-refractivity contribution in [3.63, 3.8) is 0 Å². The number of allylic oxidation sites excluding steroid dienone is 6. The number of aryl methyl sites for hydroxylation is 7. The second kappa shape index (κ2) is 60.2. The van der Waals surface area contributed by atoms with Gasteiger partial charge < -0.3 is 50.0 Å². The summed E-state index contributed by atoms with van der Waals surface area (Å²) < 4.78 is 1.26. The average molecular weight is 2580 g/mol. The quantitative estimate of drug-likeness (QED) is 0.0549. The summed E-state index contributed by atoms with van der Waals surface area (Å²) in [7, 11) is 0. The van der Waals surface area contributed by atoms with E-state index in [2.05, 4.69) is 214 Å². The monoisotopic (exact) mass is 2580 g/mol. The Labute approximate surface area is 891 Å². The maximum Gasteiger partial charge on any atom is 3.00 e. The van der Waals surface area contributed by atoms with E-state index in [1.165, 1.54) is 91.2 Å². The van der Waals surface area contributed by atoms with Crippen LogP contribution >= 0.6 is 11.3 Å². The number of pyridine rings is 7. The van der Waals surface area contributed by atoms with Gasteiger partial charge in [-0.05, 0) is 174 Å². The summed E-state index contributed by atoms with van der Waals surface area (Å²) in [6.07, 6.45) is 21.3. The molecule has 7 aromatic carbocycles. The Morgan fingerprint density at radius 1 is 0.319 bits per heavy atom. The van der Waals surface area contributed by atoms with Gasteiger partial charge in [-0.3, -0.25) is 4.79 Å². The van der Waals surface area contributed by atoms with Gasteiger partial charge in [-0.15, -0.1) is 260 Å². The van der Waals surface area contributed by atoms with Crippen LogP contribution in [0.15, 0.2) is 359 Å². The zero-order valence-corrected chi connectivity index (χ0v) is 91.9. The smallest absolute Gasteiger partial charge is 0.657 e. The number of hydrogen-bond acceptors (Lipinski definition) is 12. The first-order valence-electron chi connectivity index (χ1n) is 46.7. The van der Waals surface area contributed by atoms with E-state index in [9.17, 15) is 4.79 Å². The molecule has 0 spiro atoms. The third kappa shape index (κ3) is 33.3. The van der Waals surface area contributed by atoms with E-state index in [1.807, 2.05) is 249 Å². The van der Waals surface area contributed by atoms with Crippen molar-refractivity contribution in [2.75, 3.05) is 0 Å². The molecule has 0 unspecified atom stereocenters. The van der Waals surface area contributed by atoms with Crippen LogP contribution < -0.4 is 9.97 Å². The number of hydrogen-bond donors (Lipinski definition) is 1. The molecule has 0 atom stereocenters. The van der Waals surface area contributed by atoms with Crippen molar-refractivity contribution in [3.8, 4) is 78.1 Å². The molecule has 20 rings (SSSR count). The number of aliphatic hydroxyl groups is 1. The number of aliphatic hydroxyl groups excluding tert-OH is 1. The second-order valence-electron chi connectivity index (χ2n) is 31.9. The normalized spacial score (nSPS) is 10.8. The minimum atomic E-state index is -0.125. The molecule has 8 bridgehead atoms. The standard InChI is InChI=1S/C36H44N4.C13H8NS.3C12H10N.3C11H8N.C5H8O2.3Ir.Pt/c1-9-21-22(10-2)30-18-32-25(13-5)26(14-6)34(39-32)20-36-28(16-8)27(15-7)35(40-36)19-33-24(12-4)23(11-3)31(38-33)17-29(21)37-30;1-2-7-12-10(5-1)9-13(15-12)11-6-3-4-8-14-11;3*1-10-5-7-11(8-6-10)12-4-2-3-9-13-12;3*1-2-6-10(7-3-1)11-8-4-5-9-12-11;1-4(6)3-5(2)7;;;;/h17-20H,9-16H2,1-8H3;1-8H;3*2-7,9H,1H3;3*1-6,8-9H;3,6H,1-2H3;;;;/q-2;7*-1;;;2*+3;+2. The first-order valence-corrected chi connectivity index (χ1v) is 47.5. The summed E-state index contributed by atoms with van der Waals surface area (Å²) >= 11 is 1.73. The van der Waals surface area contributed by atoms with E-state index in [1.54, 1.807) is 48.5 Å². The van der Waals surface area contributed by atoms with Crippen molar-refractivity contribution >= 4 is 71.6 Å². The zero-order valence-electron chi connectivity index (χ0n) is 81.6. The fourth-order valence-corrected chi connectivity index (χ4v) is 16.5. The number of carbonyl (C=O) groups is 1. The van der Waals surface area contributed by atoms with Gasteiger partial charge in [0.2, 0.25) is 0 Å². The molecule has 717 valence electrons. The second-order valence-corrected chi connectivity index (χ2v) is 32.9. The van der Waals surface area contributed by atoms with E-state index in [4.69, 9.17) is 25.0 Å². The zero-order chi connectivity index (χ0) is 96.5. The SMILES string of the molecule is CC(=O)C=C(C)O.CCC1=C(CC)c2cc3[n-]c(cc4nc(cc5[n-]c(cc1n2)c(CC)c5CC)C(CC)=C4CC)c(CC)c3CC.Cc1c[c-]c(-c2ccccn2)cc1.Cc1c[c-]c(-c2ccccn2)cc1.Cc1c[c-]c(-c2ccccn2)cc1.[Ir+3].[Ir+3].[Ir].[Pt+2].[c-]1c(-c2ccccn2)sc2ccccc12.[c-]1ccccc1-c1ccccn1.[c-]1ccccc1-c1ccccn1.[c-]1ccccc1-c1ccccn1. The molecule has 0 saturated carbocycles. The Morgan fingerprint density at radius 2 is 0.574 bits per heavy atom. The van der Waals surface area contributed by atoms with E-state index < -0.39 is 0 Å². The van der Waals surface area contributed by atoms with E-state index in [0.717, 1.165) is 174 Å². The van der Waals surface area contributed by atoms with Crippen LogP contribution in [0.5, 0.6) is 0 Å². The molecule has 2 aliphatic rings. The van der Waals surface area contributed by atoms with Crippen molar-refractivity contribution < 1.29 is 91.3 Å². The summed E-state index contributed by atoms with van der Waals surface area (Å²) in [6, 6.07) is 123. The summed E-state index contributed by atoms with van der Waals surface area (Å²) in [4.78, 5) is 61.9. The van der Waals surface area contributed by atoms with E-state index >= 15 is 0 Å². The molecule has 13 heterocycles. The maximum absolute atomic E-state index is 10.0. The van der Waals surface area contributed by atoms with Gasteiger partial charge in [0.25, 0.3) is 0 Å². The fraction of sp³-hybridized carbons (Fsp3) is 0.171. The summed E-state index contributed by atoms with van der Waals surface area (Å²) in [5, 5.41) is 9.53.